The highest BCUT2D eigenvalue weighted by atomic mass is 32.2. The van der Waals surface area contributed by atoms with Gasteiger partial charge in [0.05, 0.1) is 16.5 Å². The van der Waals surface area contributed by atoms with Gasteiger partial charge in [0.1, 0.15) is 0 Å². The van der Waals surface area contributed by atoms with Gasteiger partial charge in [-0.2, -0.15) is 0 Å². The van der Waals surface area contributed by atoms with E-state index in [0.717, 1.165) is 30.6 Å². The molecule has 0 bridgehead atoms. The first kappa shape index (κ1) is 20.3. The molecule has 0 N–H and O–H groups in total. The number of benzene rings is 3. The molecule has 0 spiro atoms. The summed E-state index contributed by atoms with van der Waals surface area (Å²) < 4.78 is 5.74. The third-order valence-electron chi connectivity index (χ3n) is 5.49. The van der Waals surface area contributed by atoms with Crippen LogP contribution in [0, 0.1) is 18.3 Å². The van der Waals surface area contributed by atoms with Crippen molar-refractivity contribution >= 4 is 16.9 Å². The molecule has 4 rings (SSSR count). The van der Waals surface area contributed by atoms with E-state index < -0.39 is 6.10 Å². The van der Waals surface area contributed by atoms with Crippen LogP contribution in [0.3, 0.4) is 0 Å². The van der Waals surface area contributed by atoms with Crippen molar-refractivity contribution in [3.8, 4) is 12.3 Å². The van der Waals surface area contributed by atoms with Crippen LogP contribution >= 0.6 is 0 Å². The summed E-state index contributed by atoms with van der Waals surface area (Å²) in [5, 5.41) is 0. The second-order valence-electron chi connectivity index (χ2n) is 7.50. The van der Waals surface area contributed by atoms with Gasteiger partial charge >= 0.3 is 5.97 Å². The normalized spacial score (nSPS) is 14.9. The Morgan fingerprint density at radius 1 is 0.867 bits per heavy atom. The number of ether oxygens (including phenoxy) is 1. The molecule has 1 aliphatic carbocycles. The van der Waals surface area contributed by atoms with Crippen LogP contribution in [-0.2, 0) is 15.6 Å². The maximum Gasteiger partial charge on any atom is 0.339 e. The van der Waals surface area contributed by atoms with Crippen molar-refractivity contribution in [1.29, 1.82) is 0 Å². The molecular formula is C27H25O2S+. The fourth-order valence-corrected chi connectivity index (χ4v) is 6.12. The zero-order chi connectivity index (χ0) is 20.8. The van der Waals surface area contributed by atoms with Crippen molar-refractivity contribution < 1.29 is 9.53 Å². The van der Waals surface area contributed by atoms with Crippen LogP contribution in [0.25, 0.3) is 0 Å². The topological polar surface area (TPSA) is 26.3 Å². The van der Waals surface area contributed by atoms with Crippen molar-refractivity contribution in [1.82, 2.24) is 0 Å². The molecule has 3 heteroatoms. The van der Waals surface area contributed by atoms with Crippen molar-refractivity contribution in [2.45, 2.75) is 46.5 Å². The maximum absolute atomic E-state index is 12.9. The fraction of sp³-hybridized carbons (Fsp3) is 0.222. The predicted molar refractivity (Wildman–Crippen MR) is 121 cm³/mol. The zero-order valence-electron chi connectivity index (χ0n) is 16.9. The number of carbonyl (C=O) groups is 1. The second kappa shape index (κ2) is 9.69. The summed E-state index contributed by atoms with van der Waals surface area (Å²) in [5.74, 6) is 2.64. The first-order valence-corrected chi connectivity index (χ1v) is 11.6. The van der Waals surface area contributed by atoms with Gasteiger partial charge < -0.3 is 4.74 Å². The van der Waals surface area contributed by atoms with Crippen molar-refractivity contribution in [2.24, 2.45) is 5.92 Å². The molecule has 0 radical (unpaired) electrons. The Morgan fingerprint density at radius 2 is 1.43 bits per heavy atom. The van der Waals surface area contributed by atoms with E-state index in [1.54, 1.807) is 0 Å². The first-order valence-electron chi connectivity index (χ1n) is 10.4. The van der Waals surface area contributed by atoms with Gasteiger partial charge in [-0.05, 0) is 49.2 Å². The van der Waals surface area contributed by atoms with E-state index in [1.165, 1.54) is 9.79 Å². The highest BCUT2D eigenvalue weighted by Crippen LogP contribution is 2.32. The minimum absolute atomic E-state index is 0.283. The van der Waals surface area contributed by atoms with Crippen LogP contribution in [0.2, 0.25) is 0 Å². The van der Waals surface area contributed by atoms with Crippen LogP contribution in [0.5, 0.6) is 0 Å². The van der Waals surface area contributed by atoms with Gasteiger partial charge in [-0.15, -0.1) is 6.42 Å². The molecule has 0 saturated heterocycles. The molecule has 3 aromatic rings. The summed E-state index contributed by atoms with van der Waals surface area (Å²) in [7, 11) is -0.306. The van der Waals surface area contributed by atoms with E-state index in [-0.39, 0.29) is 22.8 Å². The van der Waals surface area contributed by atoms with E-state index in [4.69, 9.17) is 11.2 Å². The Kier molecular flexibility index (Phi) is 6.57. The summed E-state index contributed by atoms with van der Waals surface area (Å²) >= 11 is 0. The lowest BCUT2D eigenvalue weighted by atomic mass is 10.0. The molecule has 3 aromatic carbocycles. The lowest BCUT2D eigenvalue weighted by Crippen LogP contribution is -2.24. The fourth-order valence-electron chi connectivity index (χ4n) is 3.98. The van der Waals surface area contributed by atoms with Gasteiger partial charge in [-0.3, -0.25) is 0 Å². The molecule has 1 fully saturated rings. The van der Waals surface area contributed by atoms with Crippen LogP contribution < -0.4 is 0 Å². The molecule has 2 nitrogen and oxygen atoms in total. The maximum atomic E-state index is 12.9. The highest BCUT2D eigenvalue weighted by molar-refractivity contribution is 7.97. The highest BCUT2D eigenvalue weighted by Gasteiger charge is 2.30. The van der Waals surface area contributed by atoms with E-state index in [9.17, 15) is 4.79 Å². The van der Waals surface area contributed by atoms with Crippen molar-refractivity contribution in [3.63, 3.8) is 0 Å². The zero-order valence-corrected chi connectivity index (χ0v) is 17.7. The molecule has 1 unspecified atom stereocenters. The van der Waals surface area contributed by atoms with E-state index in [0.29, 0.717) is 5.56 Å². The lowest BCUT2D eigenvalue weighted by molar-refractivity contribution is 0.0303. The SMILES string of the molecule is C#CC(OC(=O)c1cccc([S+](c2ccccc2)c2ccccc2)c1)C1CCCC1. The average Bonchev–Trinajstić information content (AvgIpc) is 3.34. The van der Waals surface area contributed by atoms with Crippen molar-refractivity contribution in [3.05, 3.63) is 90.5 Å². The number of hydrogen-bond donors (Lipinski definition) is 0. The molecule has 0 aromatic heterocycles. The predicted octanol–water partition coefficient (Wildman–Crippen LogP) is 6.13. The minimum atomic E-state index is -0.440. The molecule has 150 valence electrons. The van der Waals surface area contributed by atoms with Gasteiger partial charge in [-0.1, -0.05) is 61.2 Å². The van der Waals surface area contributed by atoms with Gasteiger partial charge in [0.2, 0.25) is 0 Å². The van der Waals surface area contributed by atoms with Crippen molar-refractivity contribution in [2.75, 3.05) is 0 Å². The largest absolute Gasteiger partial charge is 0.445 e. The number of esters is 1. The number of rotatable bonds is 6. The van der Waals surface area contributed by atoms with E-state index in [1.807, 2.05) is 30.3 Å². The summed E-state index contributed by atoms with van der Waals surface area (Å²) in [6.07, 6.45) is 9.63. The quantitative estimate of drug-likeness (QED) is 0.276. The minimum Gasteiger partial charge on any atom is -0.445 e. The van der Waals surface area contributed by atoms with Gasteiger partial charge in [0.25, 0.3) is 0 Å². The molecule has 0 aliphatic heterocycles. The molecule has 30 heavy (non-hydrogen) atoms. The third-order valence-corrected chi connectivity index (χ3v) is 7.70. The Balaban J connectivity index is 1.63. The summed E-state index contributed by atoms with van der Waals surface area (Å²) in [6.45, 7) is 0. The van der Waals surface area contributed by atoms with E-state index >= 15 is 0 Å². The lowest BCUT2D eigenvalue weighted by Gasteiger charge is -2.18. The molecule has 0 heterocycles. The van der Waals surface area contributed by atoms with Gasteiger partial charge in [0.15, 0.2) is 20.8 Å². The molecule has 1 aliphatic rings. The summed E-state index contributed by atoms with van der Waals surface area (Å²) in [5.41, 5.74) is 0.551. The summed E-state index contributed by atoms with van der Waals surface area (Å²) in [6, 6.07) is 28.6. The molecule has 1 atom stereocenters. The van der Waals surface area contributed by atoms with Gasteiger partial charge in [-0.25, -0.2) is 4.79 Å². The Morgan fingerprint density at radius 3 is 2.00 bits per heavy atom. The number of terminal acetylenes is 1. The van der Waals surface area contributed by atoms with Crippen LogP contribution in [0.4, 0.5) is 0 Å². The van der Waals surface area contributed by atoms with Crippen LogP contribution in [-0.4, -0.2) is 12.1 Å². The smallest absolute Gasteiger partial charge is 0.339 e. The third kappa shape index (κ3) is 4.61. The molecule has 1 saturated carbocycles. The van der Waals surface area contributed by atoms with E-state index in [2.05, 4.69) is 60.5 Å². The Labute approximate surface area is 181 Å². The van der Waals surface area contributed by atoms with Crippen LogP contribution in [0.15, 0.2) is 99.6 Å². The standard InChI is InChI=1S/C27H25O2S/c1-2-26(21-12-9-10-13-21)29-27(28)22-14-11-19-25(20-22)30(23-15-5-3-6-16-23)24-17-7-4-8-18-24/h1,3-8,11,14-21,26H,9-10,12-13H2/q+1. The molecule has 0 amide bonds. The van der Waals surface area contributed by atoms with Crippen LogP contribution in [0.1, 0.15) is 36.0 Å². The summed E-state index contributed by atoms with van der Waals surface area (Å²) in [4.78, 5) is 16.4. The average molecular weight is 414 g/mol. The molecular weight excluding hydrogens is 388 g/mol. The Hall–Kier alpha value is -2.96. The number of hydrogen-bond acceptors (Lipinski definition) is 2. The Bertz CT molecular complexity index is 978. The first-order chi connectivity index (χ1) is 14.8. The number of carbonyl (C=O) groups excluding carboxylic acids is 1. The second-order valence-corrected chi connectivity index (χ2v) is 9.52. The van der Waals surface area contributed by atoms with Gasteiger partial charge in [0, 0.05) is 12.0 Å². The monoisotopic (exact) mass is 413 g/mol.